The van der Waals surface area contributed by atoms with E-state index in [2.05, 4.69) is 36.5 Å². The Kier molecular flexibility index (Phi) is 5.38. The number of unbranched alkanes of at least 4 members (excludes halogenated alkanes) is 1. The summed E-state index contributed by atoms with van der Waals surface area (Å²) in [6.07, 6.45) is 2.81. The van der Waals surface area contributed by atoms with Gasteiger partial charge in [0.2, 0.25) is 5.91 Å². The summed E-state index contributed by atoms with van der Waals surface area (Å²) in [7, 11) is 0. The molecule has 3 nitrogen and oxygen atoms in total. The van der Waals surface area contributed by atoms with Crippen LogP contribution in [0.15, 0.2) is 54.6 Å². The third kappa shape index (κ3) is 4.35. The maximum absolute atomic E-state index is 11.5. The molecule has 0 aliphatic heterocycles. The van der Waals surface area contributed by atoms with Crippen molar-refractivity contribution in [2.75, 3.05) is 5.32 Å². The number of primary amides is 1. The normalized spacial score (nSPS) is 11.9. The predicted octanol–water partition coefficient (Wildman–Crippen LogP) is 3.81. The molecule has 0 saturated carbocycles. The Labute approximate surface area is 126 Å². The van der Waals surface area contributed by atoms with Gasteiger partial charge in [0.25, 0.3) is 0 Å². The quantitative estimate of drug-likeness (QED) is 0.811. The summed E-state index contributed by atoms with van der Waals surface area (Å²) in [6, 6.07) is 18.0. The van der Waals surface area contributed by atoms with Crippen molar-refractivity contribution in [3.05, 3.63) is 54.6 Å². The lowest BCUT2D eigenvalue weighted by atomic mass is 10.0. The number of rotatable bonds is 7. The summed E-state index contributed by atoms with van der Waals surface area (Å²) in [5.41, 5.74) is 8.71. The molecule has 0 spiro atoms. The molecule has 0 aromatic heterocycles. The van der Waals surface area contributed by atoms with Crippen molar-refractivity contribution in [1.29, 1.82) is 0 Å². The Bertz CT molecular complexity index is 564. The van der Waals surface area contributed by atoms with Crippen LogP contribution in [-0.4, -0.2) is 11.9 Å². The van der Waals surface area contributed by atoms with E-state index in [0.29, 0.717) is 0 Å². The minimum absolute atomic E-state index is 0.296. The van der Waals surface area contributed by atoms with Crippen molar-refractivity contribution in [2.24, 2.45) is 5.73 Å². The van der Waals surface area contributed by atoms with Crippen LogP contribution in [-0.2, 0) is 4.79 Å². The van der Waals surface area contributed by atoms with E-state index in [-0.39, 0.29) is 11.9 Å². The van der Waals surface area contributed by atoms with Gasteiger partial charge in [-0.25, -0.2) is 0 Å². The maximum Gasteiger partial charge on any atom is 0.239 e. The van der Waals surface area contributed by atoms with E-state index in [1.165, 1.54) is 5.56 Å². The van der Waals surface area contributed by atoms with E-state index < -0.39 is 0 Å². The zero-order chi connectivity index (χ0) is 15.1. The Morgan fingerprint density at radius 2 is 1.67 bits per heavy atom. The minimum Gasteiger partial charge on any atom is -0.374 e. The molecule has 21 heavy (non-hydrogen) atoms. The summed E-state index contributed by atoms with van der Waals surface area (Å²) in [4.78, 5) is 11.5. The first-order valence-corrected chi connectivity index (χ1v) is 7.42. The highest BCUT2D eigenvalue weighted by Crippen LogP contribution is 2.21. The van der Waals surface area contributed by atoms with Crippen LogP contribution in [0.1, 0.15) is 26.2 Å². The molecular weight excluding hydrogens is 260 g/mol. The molecule has 0 aliphatic rings. The molecule has 0 aliphatic carbocycles. The Morgan fingerprint density at radius 1 is 1.05 bits per heavy atom. The van der Waals surface area contributed by atoms with Crippen molar-refractivity contribution in [2.45, 2.75) is 32.2 Å². The van der Waals surface area contributed by atoms with Gasteiger partial charge >= 0.3 is 0 Å². The van der Waals surface area contributed by atoms with E-state index in [1.807, 2.05) is 30.3 Å². The van der Waals surface area contributed by atoms with Crippen LogP contribution in [0.4, 0.5) is 5.69 Å². The second-order valence-corrected chi connectivity index (χ2v) is 5.18. The number of carbonyl (C=O) groups excluding carboxylic acids is 1. The first-order chi connectivity index (χ1) is 10.2. The molecular formula is C18H22N2O. The van der Waals surface area contributed by atoms with Gasteiger partial charge in [-0.2, -0.15) is 0 Å². The number of hydrogen-bond acceptors (Lipinski definition) is 2. The van der Waals surface area contributed by atoms with Crippen molar-refractivity contribution < 1.29 is 4.79 Å². The molecule has 0 fully saturated rings. The molecule has 1 unspecified atom stereocenters. The minimum atomic E-state index is -0.299. The summed E-state index contributed by atoms with van der Waals surface area (Å²) in [5.74, 6) is -0.296. The molecule has 2 aromatic carbocycles. The zero-order valence-electron chi connectivity index (χ0n) is 12.4. The lowest BCUT2D eigenvalue weighted by Gasteiger charge is -2.16. The topological polar surface area (TPSA) is 55.1 Å². The lowest BCUT2D eigenvalue weighted by Crippen LogP contribution is -2.35. The first kappa shape index (κ1) is 15.1. The number of anilines is 1. The predicted molar refractivity (Wildman–Crippen MR) is 88.0 cm³/mol. The lowest BCUT2D eigenvalue weighted by molar-refractivity contribution is -0.118. The van der Waals surface area contributed by atoms with Gasteiger partial charge in [0.15, 0.2) is 0 Å². The third-order valence-corrected chi connectivity index (χ3v) is 3.52. The van der Waals surface area contributed by atoms with Crippen LogP contribution in [0.2, 0.25) is 0 Å². The fourth-order valence-electron chi connectivity index (χ4n) is 2.28. The van der Waals surface area contributed by atoms with E-state index in [4.69, 9.17) is 5.73 Å². The smallest absolute Gasteiger partial charge is 0.239 e. The van der Waals surface area contributed by atoms with Gasteiger partial charge in [0.05, 0.1) is 0 Å². The third-order valence-electron chi connectivity index (χ3n) is 3.52. The molecule has 110 valence electrons. The second kappa shape index (κ2) is 7.48. The van der Waals surface area contributed by atoms with Crippen molar-refractivity contribution in [3.8, 4) is 11.1 Å². The van der Waals surface area contributed by atoms with Crippen molar-refractivity contribution in [3.63, 3.8) is 0 Å². The number of hydrogen-bond donors (Lipinski definition) is 2. The maximum atomic E-state index is 11.5. The Balaban J connectivity index is 2.06. The number of amides is 1. The van der Waals surface area contributed by atoms with Crippen molar-refractivity contribution >= 4 is 11.6 Å². The van der Waals surface area contributed by atoms with E-state index in [0.717, 1.165) is 30.5 Å². The van der Waals surface area contributed by atoms with Gasteiger partial charge in [-0.3, -0.25) is 4.79 Å². The van der Waals surface area contributed by atoms with Gasteiger partial charge in [-0.15, -0.1) is 0 Å². The van der Waals surface area contributed by atoms with E-state index in [1.54, 1.807) is 0 Å². The monoisotopic (exact) mass is 282 g/mol. The fraction of sp³-hybridized carbons (Fsp3) is 0.278. The Morgan fingerprint density at radius 3 is 2.24 bits per heavy atom. The molecule has 0 saturated heterocycles. The summed E-state index contributed by atoms with van der Waals surface area (Å²) >= 11 is 0. The SMILES string of the molecule is CCCCC(Nc1ccc(-c2ccccc2)cc1)C(N)=O. The highest BCUT2D eigenvalue weighted by Gasteiger charge is 2.14. The number of carbonyl (C=O) groups is 1. The molecule has 3 N–H and O–H groups in total. The Hall–Kier alpha value is -2.29. The van der Waals surface area contributed by atoms with E-state index in [9.17, 15) is 4.79 Å². The molecule has 2 aromatic rings. The van der Waals surface area contributed by atoms with Crippen LogP contribution in [0.25, 0.3) is 11.1 Å². The highest BCUT2D eigenvalue weighted by molar-refractivity contribution is 5.83. The number of nitrogens with one attached hydrogen (secondary N) is 1. The van der Waals surface area contributed by atoms with Gasteiger partial charge < -0.3 is 11.1 Å². The number of nitrogens with two attached hydrogens (primary N) is 1. The fourth-order valence-corrected chi connectivity index (χ4v) is 2.28. The van der Waals surface area contributed by atoms with Crippen LogP contribution >= 0.6 is 0 Å². The van der Waals surface area contributed by atoms with Gasteiger partial charge in [-0.1, -0.05) is 62.2 Å². The molecule has 2 rings (SSSR count). The summed E-state index contributed by atoms with van der Waals surface area (Å²) in [6.45, 7) is 2.10. The molecule has 1 amide bonds. The van der Waals surface area contributed by atoms with Crippen LogP contribution in [0.5, 0.6) is 0 Å². The largest absolute Gasteiger partial charge is 0.374 e. The van der Waals surface area contributed by atoms with Crippen LogP contribution in [0, 0.1) is 0 Å². The van der Waals surface area contributed by atoms with Crippen molar-refractivity contribution in [1.82, 2.24) is 0 Å². The zero-order valence-corrected chi connectivity index (χ0v) is 12.4. The average Bonchev–Trinajstić information content (AvgIpc) is 2.52. The van der Waals surface area contributed by atoms with E-state index >= 15 is 0 Å². The van der Waals surface area contributed by atoms with Gasteiger partial charge in [-0.05, 0) is 29.7 Å². The number of benzene rings is 2. The summed E-state index contributed by atoms with van der Waals surface area (Å²) in [5, 5.41) is 3.22. The van der Waals surface area contributed by atoms with Gasteiger partial charge in [0.1, 0.15) is 6.04 Å². The standard InChI is InChI=1S/C18H22N2O/c1-2-3-9-17(18(19)21)20-16-12-10-15(11-13-16)14-7-5-4-6-8-14/h4-8,10-13,17,20H,2-3,9H2,1H3,(H2,19,21). The van der Waals surface area contributed by atoms with Crippen LogP contribution in [0.3, 0.4) is 0 Å². The molecule has 3 heteroatoms. The molecule has 0 radical (unpaired) electrons. The van der Waals surface area contributed by atoms with Crippen LogP contribution < -0.4 is 11.1 Å². The summed E-state index contributed by atoms with van der Waals surface area (Å²) < 4.78 is 0. The average molecular weight is 282 g/mol. The molecule has 1 atom stereocenters. The second-order valence-electron chi connectivity index (χ2n) is 5.18. The highest BCUT2D eigenvalue weighted by atomic mass is 16.1. The molecule has 0 heterocycles. The molecule has 0 bridgehead atoms. The first-order valence-electron chi connectivity index (χ1n) is 7.42. The van der Waals surface area contributed by atoms with Gasteiger partial charge in [0, 0.05) is 5.69 Å².